The highest BCUT2D eigenvalue weighted by Gasteiger charge is 2.16. The Morgan fingerprint density at radius 1 is 1.12 bits per heavy atom. The molecule has 26 heavy (non-hydrogen) atoms. The molecular weight excluding hydrogens is 445 g/mol. The Morgan fingerprint density at radius 3 is 2.58 bits per heavy atom. The maximum atomic E-state index is 6.04. The third kappa shape index (κ3) is 4.23. The normalized spacial score (nSPS) is 10.8. The molecule has 1 heterocycles. The van der Waals surface area contributed by atoms with Crippen LogP contribution in [0.25, 0.3) is 11.5 Å². The lowest BCUT2D eigenvalue weighted by Crippen LogP contribution is -2.01. The van der Waals surface area contributed by atoms with Gasteiger partial charge in [-0.25, -0.2) is 0 Å². The molecule has 9 heteroatoms. The van der Waals surface area contributed by atoms with Crippen molar-refractivity contribution in [2.75, 3.05) is 12.3 Å². The van der Waals surface area contributed by atoms with Crippen molar-refractivity contribution in [1.29, 1.82) is 0 Å². The molecule has 0 aliphatic carbocycles. The van der Waals surface area contributed by atoms with Gasteiger partial charge in [-0.3, -0.25) is 0 Å². The highest BCUT2D eigenvalue weighted by Crippen LogP contribution is 2.40. The molecule has 0 bridgehead atoms. The van der Waals surface area contributed by atoms with E-state index >= 15 is 0 Å². The number of aromatic nitrogens is 2. The van der Waals surface area contributed by atoms with Gasteiger partial charge in [-0.2, -0.15) is 0 Å². The average molecular weight is 459 g/mol. The molecule has 2 aromatic carbocycles. The number of hydrogen-bond donors (Lipinski definition) is 1. The molecule has 3 aromatic rings. The Labute approximate surface area is 168 Å². The average Bonchev–Trinajstić information content (AvgIpc) is 3.04. The van der Waals surface area contributed by atoms with Crippen LogP contribution in [0.2, 0.25) is 10.0 Å². The van der Waals surface area contributed by atoms with Gasteiger partial charge >= 0.3 is 6.01 Å². The molecule has 0 unspecified atom stereocenters. The van der Waals surface area contributed by atoms with E-state index in [0.29, 0.717) is 50.7 Å². The largest absolute Gasteiger partial charge is 0.490 e. The van der Waals surface area contributed by atoms with Gasteiger partial charge in [-0.1, -0.05) is 34.4 Å². The molecule has 136 valence electrons. The molecule has 0 radical (unpaired) electrons. The minimum atomic E-state index is -0.00553. The summed E-state index contributed by atoms with van der Waals surface area (Å²) in [5.74, 6) is 1.38. The molecule has 3 rings (SSSR count). The zero-order chi connectivity index (χ0) is 18.7. The molecule has 1 aromatic heterocycles. The summed E-state index contributed by atoms with van der Waals surface area (Å²) < 4.78 is 17.6. The monoisotopic (exact) mass is 457 g/mol. The second-order valence-corrected chi connectivity index (χ2v) is 6.87. The van der Waals surface area contributed by atoms with E-state index in [2.05, 4.69) is 26.1 Å². The number of nitrogens with two attached hydrogens (primary N) is 1. The van der Waals surface area contributed by atoms with E-state index < -0.39 is 0 Å². The molecule has 0 aliphatic rings. The second-order valence-electron chi connectivity index (χ2n) is 5.20. The molecule has 0 amide bonds. The first-order valence-corrected chi connectivity index (χ1v) is 9.15. The smallest absolute Gasteiger partial charge is 0.313 e. The summed E-state index contributed by atoms with van der Waals surface area (Å²) in [6, 6.07) is 8.87. The van der Waals surface area contributed by atoms with Crippen LogP contribution in [-0.2, 0) is 6.61 Å². The number of nitrogens with zero attached hydrogens (tertiary/aromatic N) is 2. The topological polar surface area (TPSA) is 83.4 Å². The fourth-order valence-electron chi connectivity index (χ4n) is 2.23. The van der Waals surface area contributed by atoms with E-state index in [4.69, 9.17) is 42.8 Å². The van der Waals surface area contributed by atoms with Gasteiger partial charge in [0.15, 0.2) is 11.5 Å². The van der Waals surface area contributed by atoms with E-state index in [0.717, 1.165) is 5.56 Å². The minimum absolute atomic E-state index is 0.00553. The van der Waals surface area contributed by atoms with Gasteiger partial charge in [0.1, 0.15) is 6.61 Å². The molecule has 0 atom stereocenters. The first kappa shape index (κ1) is 18.8. The van der Waals surface area contributed by atoms with Crippen molar-refractivity contribution >= 4 is 45.1 Å². The number of halogens is 3. The maximum Gasteiger partial charge on any atom is 0.313 e. The van der Waals surface area contributed by atoms with E-state index in [1.807, 2.05) is 13.0 Å². The third-order valence-corrected chi connectivity index (χ3v) is 4.69. The number of rotatable bonds is 6. The minimum Gasteiger partial charge on any atom is -0.490 e. The van der Waals surface area contributed by atoms with E-state index in [-0.39, 0.29) is 6.01 Å². The van der Waals surface area contributed by atoms with Crippen molar-refractivity contribution in [1.82, 2.24) is 10.2 Å². The Balaban J connectivity index is 1.88. The van der Waals surface area contributed by atoms with Gasteiger partial charge in [0.25, 0.3) is 0 Å². The van der Waals surface area contributed by atoms with Gasteiger partial charge in [0, 0.05) is 5.56 Å². The molecule has 0 aliphatic heterocycles. The summed E-state index contributed by atoms with van der Waals surface area (Å²) in [5, 5.41) is 8.51. The molecule has 0 fully saturated rings. The molecule has 2 N–H and O–H groups in total. The number of ether oxygens (including phenoxy) is 2. The molecule has 0 spiro atoms. The van der Waals surface area contributed by atoms with Gasteiger partial charge in [-0.15, -0.1) is 5.10 Å². The van der Waals surface area contributed by atoms with Crippen molar-refractivity contribution in [3.63, 3.8) is 0 Å². The van der Waals surface area contributed by atoms with Crippen LogP contribution in [0.15, 0.2) is 39.2 Å². The van der Waals surface area contributed by atoms with Crippen LogP contribution < -0.4 is 15.2 Å². The first-order chi connectivity index (χ1) is 12.5. The quantitative estimate of drug-likeness (QED) is 0.534. The maximum absolute atomic E-state index is 6.04. The standard InChI is InChI=1S/C17H14BrCl2N3O3/c1-2-24-14-7-10(16-22-23-17(21)26-16)6-11(18)15(14)25-8-9-3-4-12(19)13(20)5-9/h3-7H,2,8H2,1H3,(H2,21,23). The van der Waals surface area contributed by atoms with Crippen LogP contribution in [-0.4, -0.2) is 16.8 Å². The Hall–Kier alpha value is -1.96. The van der Waals surface area contributed by atoms with Crippen molar-refractivity contribution in [3.8, 4) is 23.0 Å². The van der Waals surface area contributed by atoms with Gasteiger partial charge < -0.3 is 19.6 Å². The summed E-state index contributed by atoms with van der Waals surface area (Å²) in [4.78, 5) is 0. The lowest BCUT2D eigenvalue weighted by Gasteiger charge is -2.15. The molecule has 0 saturated heterocycles. The first-order valence-electron chi connectivity index (χ1n) is 7.60. The summed E-state index contributed by atoms with van der Waals surface area (Å²) in [5.41, 5.74) is 7.02. The lowest BCUT2D eigenvalue weighted by atomic mass is 10.2. The zero-order valence-corrected chi connectivity index (χ0v) is 16.7. The predicted octanol–water partition coefficient (Wildman–Crippen LogP) is 5.37. The Kier molecular flexibility index (Phi) is 5.90. The second kappa shape index (κ2) is 8.16. The van der Waals surface area contributed by atoms with Crippen LogP contribution in [0.4, 0.5) is 6.01 Å². The Bertz CT molecular complexity index is 934. The van der Waals surface area contributed by atoms with E-state index in [1.54, 1.807) is 24.3 Å². The number of benzene rings is 2. The van der Waals surface area contributed by atoms with Crippen molar-refractivity contribution in [2.45, 2.75) is 13.5 Å². The van der Waals surface area contributed by atoms with Crippen molar-refractivity contribution in [2.24, 2.45) is 0 Å². The van der Waals surface area contributed by atoms with Crippen LogP contribution in [0, 0.1) is 0 Å². The van der Waals surface area contributed by atoms with Crippen LogP contribution in [0.3, 0.4) is 0 Å². The number of anilines is 1. The molecule has 0 saturated carbocycles. The van der Waals surface area contributed by atoms with Crippen LogP contribution >= 0.6 is 39.1 Å². The van der Waals surface area contributed by atoms with Crippen molar-refractivity contribution in [3.05, 3.63) is 50.4 Å². The van der Waals surface area contributed by atoms with Crippen LogP contribution in [0.5, 0.6) is 11.5 Å². The van der Waals surface area contributed by atoms with Gasteiger partial charge in [0.05, 0.1) is 21.1 Å². The number of hydrogen-bond acceptors (Lipinski definition) is 6. The lowest BCUT2D eigenvalue weighted by molar-refractivity contribution is 0.267. The molecule has 6 nitrogen and oxygen atoms in total. The van der Waals surface area contributed by atoms with Crippen LogP contribution in [0.1, 0.15) is 12.5 Å². The summed E-state index contributed by atoms with van der Waals surface area (Å²) in [6.45, 7) is 2.64. The SMILES string of the molecule is CCOc1cc(-c2nnc(N)o2)cc(Br)c1OCc1ccc(Cl)c(Cl)c1. The Morgan fingerprint density at radius 2 is 1.92 bits per heavy atom. The van der Waals surface area contributed by atoms with Gasteiger partial charge in [0.2, 0.25) is 5.89 Å². The fraction of sp³-hybridized carbons (Fsp3) is 0.176. The highest BCUT2D eigenvalue weighted by molar-refractivity contribution is 9.10. The summed E-state index contributed by atoms with van der Waals surface area (Å²) in [6.07, 6.45) is 0. The van der Waals surface area contributed by atoms with Crippen molar-refractivity contribution < 1.29 is 13.9 Å². The summed E-state index contributed by atoms with van der Waals surface area (Å²) >= 11 is 15.5. The summed E-state index contributed by atoms with van der Waals surface area (Å²) in [7, 11) is 0. The van der Waals surface area contributed by atoms with E-state index in [1.165, 1.54) is 0 Å². The van der Waals surface area contributed by atoms with Gasteiger partial charge in [-0.05, 0) is 52.7 Å². The van der Waals surface area contributed by atoms with E-state index in [9.17, 15) is 0 Å². The number of nitrogen functional groups attached to an aromatic ring is 1. The fourth-order valence-corrected chi connectivity index (χ4v) is 3.11. The third-order valence-electron chi connectivity index (χ3n) is 3.36. The predicted molar refractivity (Wildman–Crippen MR) is 104 cm³/mol. The zero-order valence-electron chi connectivity index (χ0n) is 13.6. The molecular formula is C17H14BrCl2N3O3. The highest BCUT2D eigenvalue weighted by atomic mass is 79.9.